The largest absolute Gasteiger partial charge is 0.384 e. The Morgan fingerprint density at radius 3 is 2.57 bits per heavy atom. The van der Waals surface area contributed by atoms with E-state index in [0.29, 0.717) is 5.56 Å². The number of aromatic nitrogens is 3. The molecule has 1 unspecified atom stereocenters. The number of thiophene rings is 1. The Morgan fingerprint density at radius 2 is 1.96 bits per heavy atom. The maximum atomic E-state index is 12.2. The van der Waals surface area contributed by atoms with Gasteiger partial charge >= 0.3 is 0 Å². The van der Waals surface area contributed by atoms with Crippen molar-refractivity contribution in [1.82, 2.24) is 20.1 Å². The van der Waals surface area contributed by atoms with Gasteiger partial charge in [-0.25, -0.2) is 0 Å². The van der Waals surface area contributed by atoms with Gasteiger partial charge in [0.25, 0.3) is 5.91 Å². The number of hydrogen-bond donors (Lipinski definition) is 2. The summed E-state index contributed by atoms with van der Waals surface area (Å²) in [6, 6.07) is 8.93. The fourth-order valence-electron chi connectivity index (χ4n) is 2.15. The molecule has 2 N–H and O–H groups in total. The number of rotatable bonds is 5. The van der Waals surface area contributed by atoms with Crippen molar-refractivity contribution in [3.8, 4) is 5.69 Å². The average Bonchev–Trinajstić information content (AvgIpc) is 3.26. The third-order valence-electron chi connectivity index (χ3n) is 3.58. The third-order valence-corrected chi connectivity index (χ3v) is 4.27. The number of aliphatic hydroxyl groups is 1. The standard InChI is InChI=1S/C16H16N4O2S/c1-16(22,13-6-7-23-8-13)9-17-15(21)12-2-4-14(5-3-12)20-10-18-19-11-20/h2-8,10-11,22H,9H2,1H3,(H,17,21). The summed E-state index contributed by atoms with van der Waals surface area (Å²) < 4.78 is 1.75. The highest BCUT2D eigenvalue weighted by molar-refractivity contribution is 7.08. The van der Waals surface area contributed by atoms with Crippen LogP contribution < -0.4 is 5.32 Å². The van der Waals surface area contributed by atoms with Gasteiger partial charge in [0.05, 0.1) is 6.54 Å². The van der Waals surface area contributed by atoms with E-state index < -0.39 is 5.60 Å². The second-order valence-electron chi connectivity index (χ2n) is 5.38. The number of hydrogen-bond acceptors (Lipinski definition) is 5. The normalized spacial score (nSPS) is 13.5. The van der Waals surface area contributed by atoms with Gasteiger partial charge in [-0.1, -0.05) is 0 Å². The zero-order chi connectivity index (χ0) is 16.3. The average molecular weight is 328 g/mol. The number of nitrogens with zero attached hydrogens (tertiary/aromatic N) is 3. The van der Waals surface area contributed by atoms with Gasteiger partial charge in [0.1, 0.15) is 18.3 Å². The van der Waals surface area contributed by atoms with Crippen LogP contribution in [-0.4, -0.2) is 32.3 Å². The molecule has 2 heterocycles. The summed E-state index contributed by atoms with van der Waals surface area (Å²) in [5.74, 6) is -0.226. The van der Waals surface area contributed by atoms with Crippen LogP contribution in [0.15, 0.2) is 53.7 Å². The number of amides is 1. The van der Waals surface area contributed by atoms with Crippen LogP contribution in [0.5, 0.6) is 0 Å². The van der Waals surface area contributed by atoms with Gasteiger partial charge in [0, 0.05) is 11.3 Å². The van der Waals surface area contributed by atoms with Gasteiger partial charge in [-0.15, -0.1) is 10.2 Å². The van der Waals surface area contributed by atoms with E-state index in [-0.39, 0.29) is 12.5 Å². The first kappa shape index (κ1) is 15.4. The lowest BCUT2D eigenvalue weighted by Gasteiger charge is -2.22. The highest BCUT2D eigenvalue weighted by atomic mass is 32.1. The summed E-state index contributed by atoms with van der Waals surface area (Å²) in [4.78, 5) is 12.2. The van der Waals surface area contributed by atoms with Gasteiger partial charge in [0.2, 0.25) is 0 Å². The summed E-state index contributed by atoms with van der Waals surface area (Å²) in [7, 11) is 0. The fraction of sp³-hybridized carbons (Fsp3) is 0.188. The van der Waals surface area contributed by atoms with Crippen molar-refractivity contribution in [2.45, 2.75) is 12.5 Å². The van der Waals surface area contributed by atoms with E-state index in [9.17, 15) is 9.90 Å². The Hall–Kier alpha value is -2.51. The highest BCUT2D eigenvalue weighted by Gasteiger charge is 2.24. The van der Waals surface area contributed by atoms with E-state index in [1.165, 1.54) is 11.3 Å². The van der Waals surface area contributed by atoms with E-state index in [0.717, 1.165) is 11.3 Å². The lowest BCUT2D eigenvalue weighted by Crippen LogP contribution is -2.38. The van der Waals surface area contributed by atoms with Crippen LogP contribution in [-0.2, 0) is 5.60 Å². The number of carbonyl (C=O) groups is 1. The zero-order valence-corrected chi connectivity index (χ0v) is 13.3. The number of nitrogens with one attached hydrogen (secondary N) is 1. The third kappa shape index (κ3) is 3.46. The maximum absolute atomic E-state index is 12.2. The molecule has 0 saturated heterocycles. The minimum atomic E-state index is -1.09. The molecule has 1 amide bonds. The van der Waals surface area contributed by atoms with Crippen LogP contribution in [0.25, 0.3) is 5.69 Å². The molecule has 3 aromatic rings. The molecule has 6 nitrogen and oxygen atoms in total. The quantitative estimate of drug-likeness (QED) is 0.750. The van der Waals surface area contributed by atoms with Gasteiger partial charge < -0.3 is 10.4 Å². The molecule has 3 rings (SSSR count). The van der Waals surface area contributed by atoms with Crippen LogP contribution in [0.2, 0.25) is 0 Å². The van der Waals surface area contributed by atoms with E-state index in [2.05, 4.69) is 15.5 Å². The smallest absolute Gasteiger partial charge is 0.251 e. The minimum absolute atomic E-state index is 0.149. The van der Waals surface area contributed by atoms with Crippen LogP contribution in [0.4, 0.5) is 0 Å². The molecule has 0 radical (unpaired) electrons. The molecule has 1 atom stereocenters. The topological polar surface area (TPSA) is 80.0 Å². The summed E-state index contributed by atoms with van der Waals surface area (Å²) in [6.07, 6.45) is 3.18. The van der Waals surface area contributed by atoms with Crippen molar-refractivity contribution in [2.24, 2.45) is 0 Å². The monoisotopic (exact) mass is 328 g/mol. The van der Waals surface area contributed by atoms with Crippen LogP contribution in [0.1, 0.15) is 22.8 Å². The van der Waals surface area contributed by atoms with Gasteiger partial charge in [-0.3, -0.25) is 9.36 Å². The fourth-order valence-corrected chi connectivity index (χ4v) is 2.93. The zero-order valence-electron chi connectivity index (χ0n) is 12.5. The first-order chi connectivity index (χ1) is 11.1. The highest BCUT2D eigenvalue weighted by Crippen LogP contribution is 2.22. The predicted molar refractivity (Wildman–Crippen MR) is 87.6 cm³/mol. The Kier molecular flexibility index (Phi) is 4.22. The molecule has 0 spiro atoms. The van der Waals surface area contributed by atoms with Crippen LogP contribution >= 0.6 is 11.3 Å². The molecule has 7 heteroatoms. The lowest BCUT2D eigenvalue weighted by atomic mass is 9.99. The molecule has 118 valence electrons. The Morgan fingerprint density at radius 1 is 1.26 bits per heavy atom. The molecule has 1 aromatic carbocycles. The second-order valence-corrected chi connectivity index (χ2v) is 6.16. The van der Waals surface area contributed by atoms with Crippen molar-refractivity contribution < 1.29 is 9.90 Å². The van der Waals surface area contributed by atoms with E-state index in [4.69, 9.17) is 0 Å². The molecule has 0 fully saturated rings. The number of carbonyl (C=O) groups excluding carboxylic acids is 1. The minimum Gasteiger partial charge on any atom is -0.384 e. The van der Waals surface area contributed by atoms with Gasteiger partial charge in [0.15, 0.2) is 0 Å². The van der Waals surface area contributed by atoms with E-state index in [1.54, 1.807) is 36.3 Å². The maximum Gasteiger partial charge on any atom is 0.251 e. The molecule has 0 aliphatic carbocycles. The van der Waals surface area contributed by atoms with Gasteiger partial charge in [-0.2, -0.15) is 11.3 Å². The van der Waals surface area contributed by atoms with Crippen molar-refractivity contribution in [1.29, 1.82) is 0 Å². The van der Waals surface area contributed by atoms with Crippen LogP contribution in [0, 0.1) is 0 Å². The van der Waals surface area contributed by atoms with Gasteiger partial charge in [-0.05, 0) is 53.6 Å². The second kappa shape index (κ2) is 6.31. The van der Waals surface area contributed by atoms with E-state index >= 15 is 0 Å². The molecule has 2 aromatic heterocycles. The molecular formula is C16H16N4O2S. The molecule has 0 aliphatic rings. The Bertz CT molecular complexity index is 765. The summed E-state index contributed by atoms with van der Waals surface area (Å²) in [6.45, 7) is 1.83. The predicted octanol–water partition coefficient (Wildman–Crippen LogP) is 1.97. The summed E-state index contributed by atoms with van der Waals surface area (Å²) in [5.41, 5.74) is 1.11. The first-order valence-electron chi connectivity index (χ1n) is 7.04. The summed E-state index contributed by atoms with van der Waals surface area (Å²) in [5, 5.41) is 24.4. The van der Waals surface area contributed by atoms with Crippen molar-refractivity contribution in [3.63, 3.8) is 0 Å². The summed E-state index contributed by atoms with van der Waals surface area (Å²) >= 11 is 1.51. The van der Waals surface area contributed by atoms with Crippen molar-refractivity contribution in [2.75, 3.05) is 6.54 Å². The molecule has 0 saturated carbocycles. The number of benzene rings is 1. The Balaban J connectivity index is 1.64. The molecule has 0 bridgehead atoms. The van der Waals surface area contributed by atoms with Crippen molar-refractivity contribution in [3.05, 3.63) is 64.9 Å². The lowest BCUT2D eigenvalue weighted by molar-refractivity contribution is 0.0530. The van der Waals surface area contributed by atoms with Crippen LogP contribution in [0.3, 0.4) is 0 Å². The molecule has 23 heavy (non-hydrogen) atoms. The molecule has 0 aliphatic heterocycles. The SMILES string of the molecule is CC(O)(CNC(=O)c1ccc(-n2cnnc2)cc1)c1ccsc1. The van der Waals surface area contributed by atoms with Crippen molar-refractivity contribution >= 4 is 17.2 Å². The Labute approximate surface area is 137 Å². The first-order valence-corrected chi connectivity index (χ1v) is 7.99. The molecular weight excluding hydrogens is 312 g/mol. The van der Waals surface area contributed by atoms with E-state index in [1.807, 2.05) is 29.0 Å².